The highest BCUT2D eigenvalue weighted by Gasteiger charge is 2.17. The summed E-state index contributed by atoms with van der Waals surface area (Å²) in [4.78, 5) is 38.3. The Hall–Kier alpha value is -3.35. The molecule has 3 amide bonds. The molecular formula is C21H25N3O4. The Morgan fingerprint density at radius 1 is 1.07 bits per heavy atom. The van der Waals surface area contributed by atoms with E-state index in [1.54, 1.807) is 50.4 Å². The van der Waals surface area contributed by atoms with Crippen molar-refractivity contribution in [1.82, 2.24) is 10.2 Å². The van der Waals surface area contributed by atoms with E-state index in [0.717, 1.165) is 5.56 Å². The molecule has 28 heavy (non-hydrogen) atoms. The van der Waals surface area contributed by atoms with Crippen molar-refractivity contribution in [1.29, 1.82) is 0 Å². The number of methoxy groups -OCH3 is 1. The van der Waals surface area contributed by atoms with Crippen molar-refractivity contribution in [2.75, 3.05) is 32.1 Å². The molecule has 0 aliphatic rings. The maximum atomic E-state index is 12.4. The van der Waals surface area contributed by atoms with Gasteiger partial charge in [-0.3, -0.25) is 14.4 Å². The van der Waals surface area contributed by atoms with Crippen LogP contribution < -0.4 is 15.4 Å². The maximum absolute atomic E-state index is 12.4. The molecule has 0 unspecified atom stereocenters. The van der Waals surface area contributed by atoms with E-state index in [2.05, 4.69) is 10.6 Å². The first-order valence-electron chi connectivity index (χ1n) is 9.00. The first-order chi connectivity index (χ1) is 13.4. The molecule has 0 fully saturated rings. The third kappa shape index (κ3) is 5.84. The molecule has 0 radical (unpaired) electrons. The number of carbonyl (C=O) groups excluding carboxylic acids is 3. The van der Waals surface area contributed by atoms with Crippen LogP contribution >= 0.6 is 0 Å². The summed E-state index contributed by atoms with van der Waals surface area (Å²) in [6, 6.07) is 14.1. The first-order valence-corrected chi connectivity index (χ1v) is 9.00. The second-order valence-electron chi connectivity index (χ2n) is 6.19. The fraction of sp³-hybridized carbons (Fsp3) is 0.286. The van der Waals surface area contributed by atoms with Gasteiger partial charge in [-0.05, 0) is 37.6 Å². The van der Waals surface area contributed by atoms with Gasteiger partial charge >= 0.3 is 0 Å². The molecule has 148 valence electrons. The monoisotopic (exact) mass is 383 g/mol. The summed E-state index contributed by atoms with van der Waals surface area (Å²) in [5.41, 5.74) is 1.94. The lowest BCUT2D eigenvalue weighted by atomic mass is 10.1. The van der Waals surface area contributed by atoms with Gasteiger partial charge in [0.1, 0.15) is 5.75 Å². The molecule has 2 N–H and O–H groups in total. The molecule has 0 aliphatic heterocycles. The number of hydrogen-bond donors (Lipinski definition) is 2. The summed E-state index contributed by atoms with van der Waals surface area (Å²) >= 11 is 0. The van der Waals surface area contributed by atoms with Crippen LogP contribution in [0.1, 0.15) is 22.8 Å². The van der Waals surface area contributed by atoms with Gasteiger partial charge in [0.15, 0.2) is 0 Å². The number of nitrogens with one attached hydrogen (secondary N) is 2. The van der Waals surface area contributed by atoms with Crippen LogP contribution in [-0.4, -0.2) is 49.4 Å². The second kappa shape index (κ2) is 10.1. The maximum Gasteiger partial charge on any atom is 0.251 e. The molecule has 2 aromatic rings. The van der Waals surface area contributed by atoms with Gasteiger partial charge in [-0.15, -0.1) is 0 Å². The van der Waals surface area contributed by atoms with Gasteiger partial charge in [0.25, 0.3) is 5.91 Å². The minimum atomic E-state index is -0.328. The van der Waals surface area contributed by atoms with Gasteiger partial charge in [0.2, 0.25) is 11.8 Å². The Labute approximate surface area is 164 Å². The van der Waals surface area contributed by atoms with Crippen molar-refractivity contribution in [3.8, 4) is 5.75 Å². The van der Waals surface area contributed by atoms with Crippen LogP contribution in [-0.2, 0) is 9.59 Å². The minimum absolute atomic E-state index is 0.104. The molecule has 0 heterocycles. The van der Waals surface area contributed by atoms with Crippen molar-refractivity contribution in [3.63, 3.8) is 0 Å². The predicted molar refractivity (Wildman–Crippen MR) is 107 cm³/mol. The number of amides is 3. The molecule has 0 spiro atoms. The van der Waals surface area contributed by atoms with E-state index in [9.17, 15) is 14.4 Å². The summed E-state index contributed by atoms with van der Waals surface area (Å²) < 4.78 is 5.12. The lowest BCUT2D eigenvalue weighted by Crippen LogP contribution is -2.43. The van der Waals surface area contributed by atoms with Gasteiger partial charge in [0.05, 0.1) is 20.2 Å². The molecule has 0 atom stereocenters. The molecule has 0 aromatic heterocycles. The summed E-state index contributed by atoms with van der Waals surface area (Å²) in [5, 5.41) is 5.35. The number of hydrogen-bond acceptors (Lipinski definition) is 4. The second-order valence-corrected chi connectivity index (χ2v) is 6.19. The summed E-state index contributed by atoms with van der Waals surface area (Å²) in [6.45, 7) is 3.68. The van der Waals surface area contributed by atoms with E-state index < -0.39 is 0 Å². The highest BCUT2D eigenvalue weighted by atomic mass is 16.5. The number of anilines is 1. The van der Waals surface area contributed by atoms with Crippen molar-refractivity contribution >= 4 is 23.4 Å². The van der Waals surface area contributed by atoms with E-state index >= 15 is 0 Å². The van der Waals surface area contributed by atoms with Crippen LogP contribution in [0.4, 0.5) is 5.69 Å². The van der Waals surface area contributed by atoms with E-state index in [1.165, 1.54) is 4.90 Å². The molecule has 0 saturated heterocycles. The average molecular weight is 383 g/mol. The minimum Gasteiger partial charge on any atom is -0.497 e. The van der Waals surface area contributed by atoms with Crippen molar-refractivity contribution in [3.05, 3.63) is 59.7 Å². The molecule has 2 aromatic carbocycles. The van der Waals surface area contributed by atoms with Gasteiger partial charge in [-0.2, -0.15) is 0 Å². The Morgan fingerprint density at radius 3 is 2.50 bits per heavy atom. The largest absolute Gasteiger partial charge is 0.497 e. The quantitative estimate of drug-likeness (QED) is 0.732. The zero-order valence-corrected chi connectivity index (χ0v) is 16.3. The van der Waals surface area contributed by atoms with Crippen molar-refractivity contribution in [2.45, 2.75) is 13.8 Å². The standard InChI is InChI=1S/C21H25N3O4/c1-4-24(14-19(25)23-16-9-7-10-17(12-16)28-3)20(26)13-22-21(27)18-11-6-5-8-15(18)2/h5-12H,4,13-14H2,1-3H3,(H,22,27)(H,23,25). The number of carbonyl (C=O) groups is 3. The third-order valence-corrected chi connectivity index (χ3v) is 4.21. The van der Waals surface area contributed by atoms with E-state index in [1.807, 2.05) is 19.1 Å². The molecule has 7 heteroatoms. The third-order valence-electron chi connectivity index (χ3n) is 4.21. The Kier molecular flexibility index (Phi) is 7.56. The van der Waals surface area contributed by atoms with Gasteiger partial charge in [-0.25, -0.2) is 0 Å². The van der Waals surface area contributed by atoms with E-state index in [-0.39, 0.29) is 30.8 Å². The number of benzene rings is 2. The zero-order valence-electron chi connectivity index (χ0n) is 16.3. The fourth-order valence-corrected chi connectivity index (χ4v) is 2.64. The number of likely N-dealkylation sites (N-methyl/N-ethyl adjacent to an activating group) is 1. The number of rotatable bonds is 8. The van der Waals surface area contributed by atoms with Crippen LogP contribution in [0.3, 0.4) is 0 Å². The molecule has 0 saturated carbocycles. The highest BCUT2D eigenvalue weighted by molar-refractivity contribution is 5.98. The molecule has 0 aliphatic carbocycles. The van der Waals surface area contributed by atoms with E-state index in [4.69, 9.17) is 4.74 Å². The smallest absolute Gasteiger partial charge is 0.251 e. The Balaban J connectivity index is 1.89. The van der Waals surface area contributed by atoms with Gasteiger partial charge in [0, 0.05) is 23.9 Å². The first kappa shape index (κ1) is 21.0. The molecular weight excluding hydrogens is 358 g/mol. The molecule has 2 rings (SSSR count). The van der Waals surface area contributed by atoms with Crippen LogP contribution in [0.25, 0.3) is 0 Å². The Bertz CT molecular complexity index is 851. The number of nitrogens with zero attached hydrogens (tertiary/aromatic N) is 1. The van der Waals surface area contributed by atoms with E-state index in [0.29, 0.717) is 23.5 Å². The normalized spacial score (nSPS) is 10.1. The van der Waals surface area contributed by atoms with Crippen molar-refractivity contribution < 1.29 is 19.1 Å². The van der Waals surface area contributed by atoms with Gasteiger partial charge < -0.3 is 20.3 Å². The number of aryl methyl sites for hydroxylation is 1. The SMILES string of the molecule is CCN(CC(=O)Nc1cccc(OC)c1)C(=O)CNC(=O)c1ccccc1C. The summed E-state index contributed by atoms with van der Waals surface area (Å²) in [7, 11) is 1.55. The van der Waals surface area contributed by atoms with Crippen molar-refractivity contribution in [2.24, 2.45) is 0 Å². The number of ether oxygens (including phenoxy) is 1. The van der Waals surface area contributed by atoms with Gasteiger partial charge in [-0.1, -0.05) is 24.3 Å². The lowest BCUT2D eigenvalue weighted by molar-refractivity contribution is -0.133. The topological polar surface area (TPSA) is 87.7 Å². The zero-order chi connectivity index (χ0) is 20.5. The highest BCUT2D eigenvalue weighted by Crippen LogP contribution is 2.16. The Morgan fingerprint density at radius 2 is 1.82 bits per heavy atom. The predicted octanol–water partition coefficient (Wildman–Crippen LogP) is 2.22. The molecule has 0 bridgehead atoms. The van der Waals surface area contributed by atoms with Crippen LogP contribution in [0.2, 0.25) is 0 Å². The summed E-state index contributed by atoms with van der Waals surface area (Å²) in [6.07, 6.45) is 0. The van der Waals surface area contributed by atoms with Crippen LogP contribution in [0.5, 0.6) is 5.75 Å². The lowest BCUT2D eigenvalue weighted by Gasteiger charge is -2.20. The fourth-order valence-electron chi connectivity index (χ4n) is 2.64. The van der Waals surface area contributed by atoms with Crippen LogP contribution in [0, 0.1) is 6.92 Å². The van der Waals surface area contributed by atoms with Crippen LogP contribution in [0.15, 0.2) is 48.5 Å². The average Bonchev–Trinajstić information content (AvgIpc) is 2.70. The summed E-state index contributed by atoms with van der Waals surface area (Å²) in [5.74, 6) is -0.345. The molecule has 7 nitrogen and oxygen atoms in total.